The van der Waals surface area contributed by atoms with Gasteiger partial charge in [0.15, 0.2) is 0 Å². The maximum Gasteiger partial charge on any atom is 0.332 e. The van der Waals surface area contributed by atoms with Gasteiger partial charge in [0.25, 0.3) is 0 Å². The van der Waals surface area contributed by atoms with Gasteiger partial charge < -0.3 is 15.2 Å². The van der Waals surface area contributed by atoms with E-state index in [1.165, 1.54) is 11.8 Å². The van der Waals surface area contributed by atoms with Crippen molar-refractivity contribution < 1.29 is 14.3 Å². The van der Waals surface area contributed by atoms with E-state index in [9.17, 15) is 4.79 Å². The Bertz CT molecular complexity index is 697. The van der Waals surface area contributed by atoms with Gasteiger partial charge in [-0.3, -0.25) is 0 Å². The van der Waals surface area contributed by atoms with Crippen LogP contribution >= 0.6 is 0 Å². The Morgan fingerprint density at radius 2 is 2.00 bits per heavy atom. The van der Waals surface area contributed by atoms with Gasteiger partial charge in [-0.15, -0.1) is 0 Å². The van der Waals surface area contributed by atoms with Crippen molar-refractivity contribution in [1.82, 2.24) is 5.43 Å². The quantitative estimate of drug-likeness (QED) is 0.635. The van der Waals surface area contributed by atoms with Crippen LogP contribution in [0.5, 0.6) is 11.5 Å². The lowest BCUT2D eigenvalue weighted by Crippen LogP contribution is -2.24. The lowest BCUT2D eigenvalue weighted by molar-refractivity contribution is 0.249. The maximum atomic E-state index is 10.6. The third-order valence-electron chi connectivity index (χ3n) is 3.11. The average molecular weight is 313 g/mol. The highest BCUT2D eigenvalue weighted by atomic mass is 16.5. The smallest absolute Gasteiger partial charge is 0.332 e. The van der Waals surface area contributed by atoms with Crippen LogP contribution in [-0.2, 0) is 6.61 Å². The number of amides is 2. The molecule has 23 heavy (non-hydrogen) atoms. The number of benzene rings is 2. The second-order valence-corrected chi connectivity index (χ2v) is 4.91. The molecule has 0 heterocycles. The summed E-state index contributed by atoms with van der Waals surface area (Å²) in [4.78, 5) is 10.6. The fourth-order valence-corrected chi connectivity index (χ4v) is 1.96. The van der Waals surface area contributed by atoms with Crippen LogP contribution in [0.3, 0.4) is 0 Å². The van der Waals surface area contributed by atoms with Gasteiger partial charge in [0.05, 0.1) is 13.3 Å². The molecule has 6 nitrogen and oxygen atoms in total. The van der Waals surface area contributed by atoms with Crippen molar-refractivity contribution in [2.75, 3.05) is 7.11 Å². The molecule has 0 atom stereocenters. The first-order chi connectivity index (χ1) is 11.1. The predicted octanol–water partition coefficient (Wildman–Crippen LogP) is 2.58. The summed E-state index contributed by atoms with van der Waals surface area (Å²) in [7, 11) is 1.60. The number of methoxy groups -OCH3 is 1. The molecule has 0 unspecified atom stereocenters. The third kappa shape index (κ3) is 5.03. The zero-order valence-corrected chi connectivity index (χ0v) is 13.1. The van der Waals surface area contributed by atoms with E-state index in [2.05, 4.69) is 10.5 Å². The van der Waals surface area contributed by atoms with Gasteiger partial charge in [0.2, 0.25) is 0 Å². The molecule has 0 aliphatic carbocycles. The van der Waals surface area contributed by atoms with Crippen LogP contribution in [0, 0.1) is 6.92 Å². The molecule has 2 aromatic rings. The number of nitrogens with zero attached hydrogens (tertiary/aromatic N) is 1. The van der Waals surface area contributed by atoms with Gasteiger partial charge in [-0.25, -0.2) is 10.2 Å². The highest BCUT2D eigenvalue weighted by Gasteiger charge is 2.05. The zero-order chi connectivity index (χ0) is 16.7. The predicted molar refractivity (Wildman–Crippen MR) is 88.8 cm³/mol. The third-order valence-corrected chi connectivity index (χ3v) is 3.11. The Morgan fingerprint density at radius 1 is 1.26 bits per heavy atom. The molecule has 120 valence electrons. The topological polar surface area (TPSA) is 85.9 Å². The van der Waals surface area contributed by atoms with Gasteiger partial charge in [-0.2, -0.15) is 5.10 Å². The fraction of sp³-hybridized carbons (Fsp3) is 0.176. The highest BCUT2D eigenvalue weighted by molar-refractivity contribution is 5.82. The van der Waals surface area contributed by atoms with Crippen molar-refractivity contribution in [3.63, 3.8) is 0 Å². The number of hydrogen-bond acceptors (Lipinski definition) is 4. The van der Waals surface area contributed by atoms with Gasteiger partial charge in [-0.1, -0.05) is 17.7 Å². The largest absolute Gasteiger partial charge is 0.496 e. The van der Waals surface area contributed by atoms with E-state index in [-0.39, 0.29) is 0 Å². The minimum atomic E-state index is -0.710. The van der Waals surface area contributed by atoms with Crippen LogP contribution < -0.4 is 20.6 Å². The molecule has 0 fully saturated rings. The van der Waals surface area contributed by atoms with Crippen molar-refractivity contribution in [1.29, 1.82) is 0 Å². The molecule has 0 aliphatic heterocycles. The number of rotatable bonds is 6. The van der Waals surface area contributed by atoms with Crippen LogP contribution in [0.2, 0.25) is 0 Å². The van der Waals surface area contributed by atoms with E-state index in [4.69, 9.17) is 15.2 Å². The number of hydrogen-bond donors (Lipinski definition) is 2. The fourth-order valence-electron chi connectivity index (χ4n) is 1.96. The molecule has 0 saturated carbocycles. The van der Waals surface area contributed by atoms with E-state index in [1.807, 2.05) is 49.4 Å². The summed E-state index contributed by atoms with van der Waals surface area (Å²) in [5.74, 6) is 1.50. The van der Waals surface area contributed by atoms with Crippen molar-refractivity contribution in [2.24, 2.45) is 10.8 Å². The van der Waals surface area contributed by atoms with Crippen molar-refractivity contribution in [2.45, 2.75) is 13.5 Å². The normalized spacial score (nSPS) is 10.5. The molecule has 0 aromatic heterocycles. The number of aryl methyl sites for hydroxylation is 1. The summed E-state index contributed by atoms with van der Waals surface area (Å²) >= 11 is 0. The summed E-state index contributed by atoms with van der Waals surface area (Å²) in [6.07, 6.45) is 1.50. The van der Waals surface area contributed by atoms with Gasteiger partial charge in [0, 0.05) is 5.56 Å². The second-order valence-electron chi connectivity index (χ2n) is 4.91. The maximum absolute atomic E-state index is 10.6. The molecule has 0 radical (unpaired) electrons. The first kappa shape index (κ1) is 16.4. The zero-order valence-electron chi connectivity index (χ0n) is 13.1. The SMILES string of the molecule is COc1ccc(C=NNC(N)=O)cc1COc1ccc(C)cc1. The number of hydrazone groups is 1. The molecule has 2 aromatic carbocycles. The summed E-state index contributed by atoms with van der Waals surface area (Å²) in [5, 5.41) is 3.73. The number of primary amides is 1. The monoisotopic (exact) mass is 313 g/mol. The number of nitrogens with one attached hydrogen (secondary N) is 1. The summed E-state index contributed by atoms with van der Waals surface area (Å²) in [6, 6.07) is 12.6. The molecule has 0 spiro atoms. The first-order valence-corrected chi connectivity index (χ1v) is 7.03. The summed E-state index contributed by atoms with van der Waals surface area (Å²) in [5.41, 5.74) is 9.94. The Balaban J connectivity index is 2.10. The van der Waals surface area contributed by atoms with Gasteiger partial charge >= 0.3 is 6.03 Å². The Hall–Kier alpha value is -3.02. The molecule has 2 rings (SSSR count). The molecule has 0 saturated heterocycles. The number of urea groups is 1. The van der Waals surface area contributed by atoms with Crippen molar-refractivity contribution >= 4 is 12.2 Å². The lowest BCUT2D eigenvalue weighted by atomic mass is 10.1. The molecule has 0 aliphatic rings. The van der Waals surface area contributed by atoms with Crippen molar-refractivity contribution in [3.8, 4) is 11.5 Å². The molecule has 6 heteroatoms. The summed E-state index contributed by atoms with van der Waals surface area (Å²) in [6.45, 7) is 2.38. The van der Waals surface area contributed by atoms with Gasteiger partial charge in [0.1, 0.15) is 18.1 Å². The number of ether oxygens (including phenoxy) is 2. The molecule has 0 bridgehead atoms. The number of carbonyl (C=O) groups is 1. The van der Waals surface area contributed by atoms with E-state index < -0.39 is 6.03 Å². The van der Waals surface area contributed by atoms with Crippen LogP contribution in [-0.4, -0.2) is 19.4 Å². The van der Waals surface area contributed by atoms with Gasteiger partial charge in [-0.05, 0) is 42.8 Å². The van der Waals surface area contributed by atoms with Crippen LogP contribution in [0.4, 0.5) is 4.79 Å². The van der Waals surface area contributed by atoms with Crippen LogP contribution in [0.1, 0.15) is 16.7 Å². The van der Waals surface area contributed by atoms with Crippen LogP contribution in [0.25, 0.3) is 0 Å². The Kier molecular flexibility index (Phi) is 5.57. The standard InChI is InChI=1S/C17H19N3O3/c1-12-3-6-15(7-4-12)23-11-14-9-13(5-8-16(14)22-2)10-19-20-17(18)21/h3-10H,11H2,1-2H3,(H3,18,20,21). The molecule has 3 N–H and O–H groups in total. The lowest BCUT2D eigenvalue weighted by Gasteiger charge is -2.11. The average Bonchev–Trinajstić information content (AvgIpc) is 2.54. The van der Waals surface area contributed by atoms with Crippen LogP contribution in [0.15, 0.2) is 47.6 Å². The second kappa shape index (κ2) is 7.84. The Labute approximate surface area is 134 Å². The van der Waals surface area contributed by atoms with E-state index in [0.717, 1.165) is 22.6 Å². The van der Waals surface area contributed by atoms with E-state index in [1.54, 1.807) is 7.11 Å². The molecular formula is C17H19N3O3. The minimum absolute atomic E-state index is 0.358. The first-order valence-electron chi connectivity index (χ1n) is 7.03. The summed E-state index contributed by atoms with van der Waals surface area (Å²) < 4.78 is 11.1. The van der Waals surface area contributed by atoms with Crippen molar-refractivity contribution in [3.05, 3.63) is 59.2 Å². The number of carbonyl (C=O) groups excluding carboxylic acids is 1. The molecule has 2 amide bonds. The number of nitrogens with two attached hydrogens (primary N) is 1. The highest BCUT2D eigenvalue weighted by Crippen LogP contribution is 2.22. The van der Waals surface area contributed by atoms with E-state index >= 15 is 0 Å². The molecular weight excluding hydrogens is 294 g/mol. The minimum Gasteiger partial charge on any atom is -0.496 e. The van der Waals surface area contributed by atoms with E-state index in [0.29, 0.717) is 6.61 Å². The Morgan fingerprint density at radius 3 is 2.65 bits per heavy atom.